The third-order valence-corrected chi connectivity index (χ3v) is 2.37. The third kappa shape index (κ3) is 2.20. The molecule has 0 aliphatic rings. The van der Waals surface area contributed by atoms with Crippen molar-refractivity contribution in [3.8, 4) is 5.69 Å². The Morgan fingerprint density at radius 3 is 2.56 bits per heavy atom. The van der Waals surface area contributed by atoms with Crippen LogP contribution in [0.4, 0.5) is 13.2 Å². The zero-order chi connectivity index (χ0) is 13.3. The fourth-order valence-electron chi connectivity index (χ4n) is 1.54. The molecule has 0 aliphatic carbocycles. The van der Waals surface area contributed by atoms with Crippen LogP contribution in [-0.2, 0) is 6.18 Å². The number of rotatable bonds is 2. The number of primary amides is 1. The molecule has 0 atom stereocenters. The standard InChI is InChI=1S/C11H8F3N3O/c12-11(13,14)7-1-2-9(8(5-7)10(15)18)17-4-3-16-6-17/h1-6H,(H2,15,18). The SMILES string of the molecule is NC(=O)c1cc(C(F)(F)F)ccc1-n1ccnc1. The Labute approximate surface area is 99.9 Å². The monoisotopic (exact) mass is 255 g/mol. The van der Waals surface area contributed by atoms with E-state index in [1.165, 1.54) is 29.4 Å². The van der Waals surface area contributed by atoms with Crippen molar-refractivity contribution in [2.45, 2.75) is 6.18 Å². The lowest BCUT2D eigenvalue weighted by atomic mass is 10.1. The third-order valence-electron chi connectivity index (χ3n) is 2.37. The summed E-state index contributed by atoms with van der Waals surface area (Å²) < 4.78 is 39.0. The number of amides is 1. The van der Waals surface area contributed by atoms with Gasteiger partial charge in [-0.1, -0.05) is 0 Å². The zero-order valence-electron chi connectivity index (χ0n) is 8.98. The summed E-state index contributed by atoms with van der Waals surface area (Å²) in [4.78, 5) is 15.0. The molecule has 0 saturated heterocycles. The molecule has 18 heavy (non-hydrogen) atoms. The quantitative estimate of drug-likeness (QED) is 0.892. The van der Waals surface area contributed by atoms with Gasteiger partial charge in [0.05, 0.1) is 23.1 Å². The van der Waals surface area contributed by atoms with E-state index in [9.17, 15) is 18.0 Å². The number of carbonyl (C=O) groups excluding carboxylic acids is 1. The molecule has 1 heterocycles. The lowest BCUT2D eigenvalue weighted by Crippen LogP contribution is -2.16. The Morgan fingerprint density at radius 2 is 2.06 bits per heavy atom. The number of nitrogens with two attached hydrogens (primary N) is 1. The van der Waals surface area contributed by atoms with Crippen molar-refractivity contribution in [2.75, 3.05) is 0 Å². The first-order valence-electron chi connectivity index (χ1n) is 4.89. The van der Waals surface area contributed by atoms with Gasteiger partial charge in [-0.3, -0.25) is 4.79 Å². The average molecular weight is 255 g/mol. The minimum absolute atomic E-state index is 0.206. The number of aromatic nitrogens is 2. The highest BCUT2D eigenvalue weighted by molar-refractivity contribution is 5.96. The van der Waals surface area contributed by atoms with E-state index in [4.69, 9.17) is 5.73 Å². The van der Waals surface area contributed by atoms with Gasteiger partial charge in [0.15, 0.2) is 0 Å². The largest absolute Gasteiger partial charge is 0.416 e. The van der Waals surface area contributed by atoms with Crippen molar-refractivity contribution in [1.82, 2.24) is 9.55 Å². The van der Waals surface area contributed by atoms with Gasteiger partial charge in [0.2, 0.25) is 0 Å². The Hall–Kier alpha value is -2.31. The van der Waals surface area contributed by atoms with E-state index in [2.05, 4.69) is 4.98 Å². The van der Waals surface area contributed by atoms with Crippen LogP contribution in [0.5, 0.6) is 0 Å². The summed E-state index contributed by atoms with van der Waals surface area (Å²) in [5, 5.41) is 0. The van der Waals surface area contributed by atoms with Gasteiger partial charge in [0.25, 0.3) is 5.91 Å². The first-order chi connectivity index (χ1) is 8.39. The molecule has 7 heteroatoms. The second kappa shape index (κ2) is 4.17. The number of imidazole rings is 1. The first kappa shape index (κ1) is 12.2. The normalized spacial score (nSPS) is 11.5. The van der Waals surface area contributed by atoms with E-state index in [0.717, 1.165) is 12.1 Å². The Morgan fingerprint density at radius 1 is 1.33 bits per heavy atom. The topological polar surface area (TPSA) is 60.9 Å². The number of hydrogen-bond donors (Lipinski definition) is 1. The summed E-state index contributed by atoms with van der Waals surface area (Å²) in [6.45, 7) is 0. The highest BCUT2D eigenvalue weighted by Crippen LogP contribution is 2.31. The molecule has 94 valence electrons. The second-order valence-electron chi connectivity index (χ2n) is 3.56. The van der Waals surface area contributed by atoms with Crippen molar-refractivity contribution in [3.05, 3.63) is 48.0 Å². The van der Waals surface area contributed by atoms with Crippen molar-refractivity contribution >= 4 is 5.91 Å². The second-order valence-corrected chi connectivity index (χ2v) is 3.56. The van der Waals surface area contributed by atoms with Gasteiger partial charge in [0, 0.05) is 12.4 Å². The summed E-state index contributed by atoms with van der Waals surface area (Å²) in [5.74, 6) is -0.926. The maximum atomic E-state index is 12.5. The van der Waals surface area contributed by atoms with Crippen molar-refractivity contribution in [1.29, 1.82) is 0 Å². The van der Waals surface area contributed by atoms with Crippen molar-refractivity contribution < 1.29 is 18.0 Å². The molecule has 4 nitrogen and oxygen atoms in total. The summed E-state index contributed by atoms with van der Waals surface area (Å²) in [6, 6.07) is 2.81. The van der Waals surface area contributed by atoms with Crippen LogP contribution in [0.3, 0.4) is 0 Å². The van der Waals surface area contributed by atoms with Crippen molar-refractivity contribution in [3.63, 3.8) is 0 Å². The molecule has 1 amide bonds. The molecule has 2 rings (SSSR count). The van der Waals surface area contributed by atoms with Gasteiger partial charge in [-0.25, -0.2) is 4.98 Å². The summed E-state index contributed by atoms with van der Waals surface area (Å²) in [5.41, 5.74) is 4.23. The van der Waals surface area contributed by atoms with Gasteiger partial charge in [-0.2, -0.15) is 13.2 Å². The van der Waals surface area contributed by atoms with Gasteiger partial charge >= 0.3 is 6.18 Å². The number of alkyl halides is 3. The van der Waals surface area contributed by atoms with Crippen LogP contribution in [0.1, 0.15) is 15.9 Å². The molecule has 2 aromatic rings. The van der Waals surface area contributed by atoms with Gasteiger partial charge in [-0.05, 0) is 18.2 Å². The molecule has 0 saturated carbocycles. The fraction of sp³-hybridized carbons (Fsp3) is 0.0909. The number of hydrogen-bond acceptors (Lipinski definition) is 2. The van der Waals surface area contributed by atoms with E-state index < -0.39 is 17.6 Å². The predicted molar refractivity (Wildman–Crippen MR) is 57.1 cm³/mol. The van der Waals surface area contributed by atoms with Crippen LogP contribution in [0, 0.1) is 0 Å². The van der Waals surface area contributed by atoms with E-state index in [-0.39, 0.29) is 11.3 Å². The molecule has 0 bridgehead atoms. The number of benzene rings is 1. The Bertz CT molecular complexity index is 576. The highest BCUT2D eigenvalue weighted by atomic mass is 19.4. The molecule has 0 unspecified atom stereocenters. The number of halogens is 3. The lowest BCUT2D eigenvalue weighted by molar-refractivity contribution is -0.137. The lowest BCUT2D eigenvalue weighted by Gasteiger charge is -2.11. The maximum Gasteiger partial charge on any atom is 0.416 e. The van der Waals surface area contributed by atoms with Gasteiger partial charge in [-0.15, -0.1) is 0 Å². The van der Waals surface area contributed by atoms with E-state index in [0.29, 0.717) is 0 Å². The molecule has 0 fully saturated rings. The first-order valence-corrected chi connectivity index (χ1v) is 4.89. The summed E-state index contributed by atoms with van der Waals surface area (Å²) in [6.07, 6.45) is -0.190. The van der Waals surface area contributed by atoms with Crippen LogP contribution in [0.2, 0.25) is 0 Å². The van der Waals surface area contributed by atoms with E-state index >= 15 is 0 Å². The van der Waals surface area contributed by atoms with Crippen molar-refractivity contribution in [2.24, 2.45) is 5.73 Å². The highest BCUT2D eigenvalue weighted by Gasteiger charge is 2.31. The average Bonchev–Trinajstić information content (AvgIpc) is 2.80. The molecule has 0 radical (unpaired) electrons. The minimum atomic E-state index is -4.52. The smallest absolute Gasteiger partial charge is 0.366 e. The molecular formula is C11H8F3N3O. The maximum absolute atomic E-state index is 12.5. The molecule has 0 spiro atoms. The summed E-state index contributed by atoms with van der Waals surface area (Å²) in [7, 11) is 0. The molecule has 1 aromatic heterocycles. The zero-order valence-corrected chi connectivity index (χ0v) is 8.98. The van der Waals surface area contributed by atoms with Crippen LogP contribution >= 0.6 is 0 Å². The summed E-state index contributed by atoms with van der Waals surface area (Å²) >= 11 is 0. The number of carbonyl (C=O) groups is 1. The Balaban J connectivity index is 2.59. The number of nitrogens with zero attached hydrogens (tertiary/aromatic N) is 2. The molecule has 2 N–H and O–H groups in total. The predicted octanol–water partition coefficient (Wildman–Crippen LogP) is 1.99. The Kier molecular flexibility index (Phi) is 2.82. The van der Waals surface area contributed by atoms with Crippen LogP contribution < -0.4 is 5.73 Å². The van der Waals surface area contributed by atoms with Crippen LogP contribution in [0.25, 0.3) is 5.69 Å². The van der Waals surface area contributed by atoms with Crippen LogP contribution in [-0.4, -0.2) is 15.5 Å². The van der Waals surface area contributed by atoms with E-state index in [1.54, 1.807) is 0 Å². The molecular weight excluding hydrogens is 247 g/mol. The van der Waals surface area contributed by atoms with Gasteiger partial charge < -0.3 is 10.3 Å². The fourth-order valence-corrected chi connectivity index (χ4v) is 1.54. The van der Waals surface area contributed by atoms with Gasteiger partial charge in [0.1, 0.15) is 0 Å². The molecule has 1 aromatic carbocycles. The van der Waals surface area contributed by atoms with Crippen LogP contribution in [0.15, 0.2) is 36.9 Å². The van der Waals surface area contributed by atoms with E-state index in [1.807, 2.05) is 0 Å². The minimum Gasteiger partial charge on any atom is -0.366 e. The molecule has 0 aliphatic heterocycles.